The van der Waals surface area contributed by atoms with E-state index in [1.807, 2.05) is 0 Å². The van der Waals surface area contributed by atoms with Crippen molar-refractivity contribution >= 4 is 11.9 Å². The minimum atomic E-state index is -0.457. The summed E-state index contributed by atoms with van der Waals surface area (Å²) in [7, 11) is 0. The maximum absolute atomic E-state index is 12.2. The van der Waals surface area contributed by atoms with Crippen LogP contribution in [0.15, 0.2) is 4.79 Å². The SMILES string of the molecule is CC1C(=O)NCCN1C(=O)NCCCn1nc2n(c1=O)CCCC2. The molecule has 0 saturated carbocycles. The van der Waals surface area contributed by atoms with E-state index in [-0.39, 0.29) is 17.6 Å². The molecule has 1 aromatic heterocycles. The lowest BCUT2D eigenvalue weighted by Crippen LogP contribution is -2.58. The molecule has 2 aliphatic heterocycles. The van der Waals surface area contributed by atoms with Crippen LogP contribution in [0.1, 0.15) is 32.0 Å². The van der Waals surface area contributed by atoms with E-state index in [4.69, 9.17) is 0 Å². The highest BCUT2D eigenvalue weighted by molar-refractivity contribution is 5.87. The third-order valence-corrected chi connectivity index (χ3v) is 4.61. The summed E-state index contributed by atoms with van der Waals surface area (Å²) in [5.41, 5.74) is -0.0580. The summed E-state index contributed by atoms with van der Waals surface area (Å²) >= 11 is 0. The third kappa shape index (κ3) is 3.29. The molecule has 1 aromatic rings. The van der Waals surface area contributed by atoms with Crippen molar-refractivity contribution in [3.05, 3.63) is 16.3 Å². The second-order valence-electron chi connectivity index (χ2n) is 6.28. The van der Waals surface area contributed by atoms with Crippen LogP contribution in [0, 0.1) is 0 Å². The van der Waals surface area contributed by atoms with Gasteiger partial charge in [0.05, 0.1) is 0 Å². The van der Waals surface area contributed by atoms with Gasteiger partial charge < -0.3 is 15.5 Å². The number of aryl methyl sites for hydroxylation is 2. The Balaban J connectivity index is 1.47. The molecular formula is C15H24N6O3. The molecule has 1 atom stereocenters. The van der Waals surface area contributed by atoms with Gasteiger partial charge in [-0.05, 0) is 26.2 Å². The summed E-state index contributed by atoms with van der Waals surface area (Å²) in [6, 6.07) is -0.699. The van der Waals surface area contributed by atoms with Crippen molar-refractivity contribution in [3.63, 3.8) is 0 Å². The van der Waals surface area contributed by atoms with E-state index in [0.29, 0.717) is 32.6 Å². The molecule has 9 heteroatoms. The summed E-state index contributed by atoms with van der Waals surface area (Å²) < 4.78 is 3.24. The van der Waals surface area contributed by atoms with Crippen molar-refractivity contribution in [2.75, 3.05) is 19.6 Å². The Bertz CT molecular complexity index is 679. The molecule has 0 spiro atoms. The first kappa shape index (κ1) is 16.5. The second-order valence-corrected chi connectivity index (χ2v) is 6.28. The van der Waals surface area contributed by atoms with Crippen molar-refractivity contribution < 1.29 is 9.59 Å². The van der Waals surface area contributed by atoms with Gasteiger partial charge in [0.1, 0.15) is 11.9 Å². The Kier molecular flexibility index (Phi) is 4.86. The van der Waals surface area contributed by atoms with Crippen molar-refractivity contribution in [3.8, 4) is 0 Å². The van der Waals surface area contributed by atoms with Gasteiger partial charge in [-0.3, -0.25) is 9.36 Å². The third-order valence-electron chi connectivity index (χ3n) is 4.61. The van der Waals surface area contributed by atoms with Crippen LogP contribution in [0.4, 0.5) is 4.79 Å². The number of carbonyl (C=O) groups excluding carboxylic acids is 2. The molecular weight excluding hydrogens is 312 g/mol. The molecule has 1 saturated heterocycles. The molecule has 1 unspecified atom stereocenters. The Morgan fingerprint density at radius 1 is 1.33 bits per heavy atom. The minimum Gasteiger partial charge on any atom is -0.353 e. The lowest BCUT2D eigenvalue weighted by Gasteiger charge is -2.32. The standard InChI is InChI=1S/C15H24N6O3/c1-11-13(22)16-7-10-19(11)14(23)17-6-4-9-21-15(24)20-8-3-2-5-12(20)18-21/h11H,2-10H2,1H3,(H,16,22)(H,17,23). The van der Waals surface area contributed by atoms with Gasteiger partial charge >= 0.3 is 11.7 Å². The Labute approximate surface area is 140 Å². The predicted molar refractivity (Wildman–Crippen MR) is 86.6 cm³/mol. The van der Waals surface area contributed by atoms with Gasteiger partial charge in [-0.15, -0.1) is 0 Å². The van der Waals surface area contributed by atoms with Crippen LogP contribution >= 0.6 is 0 Å². The van der Waals surface area contributed by atoms with Crippen LogP contribution in [0.2, 0.25) is 0 Å². The monoisotopic (exact) mass is 336 g/mol. The number of amides is 3. The number of fused-ring (bicyclic) bond motifs is 1. The fourth-order valence-electron chi connectivity index (χ4n) is 3.18. The average molecular weight is 336 g/mol. The average Bonchev–Trinajstić information content (AvgIpc) is 2.90. The first-order valence-electron chi connectivity index (χ1n) is 8.56. The fourth-order valence-corrected chi connectivity index (χ4v) is 3.18. The van der Waals surface area contributed by atoms with Gasteiger partial charge in [0, 0.05) is 39.1 Å². The number of nitrogens with zero attached hydrogens (tertiary/aromatic N) is 4. The zero-order chi connectivity index (χ0) is 17.1. The number of piperazine rings is 1. The molecule has 2 aliphatic rings. The van der Waals surface area contributed by atoms with E-state index in [0.717, 1.165) is 31.6 Å². The first-order valence-corrected chi connectivity index (χ1v) is 8.56. The zero-order valence-electron chi connectivity index (χ0n) is 14.0. The Morgan fingerprint density at radius 2 is 2.17 bits per heavy atom. The summed E-state index contributed by atoms with van der Waals surface area (Å²) in [5.74, 6) is 0.731. The number of urea groups is 1. The van der Waals surface area contributed by atoms with Crippen LogP contribution in [0.3, 0.4) is 0 Å². The van der Waals surface area contributed by atoms with Crippen molar-refractivity contribution in [1.29, 1.82) is 0 Å². The molecule has 0 bridgehead atoms. The van der Waals surface area contributed by atoms with E-state index < -0.39 is 6.04 Å². The van der Waals surface area contributed by atoms with Gasteiger partial charge in [-0.1, -0.05) is 0 Å². The fraction of sp³-hybridized carbons (Fsp3) is 0.733. The molecule has 0 radical (unpaired) electrons. The lowest BCUT2D eigenvalue weighted by atomic mass is 10.2. The molecule has 3 rings (SSSR count). The van der Waals surface area contributed by atoms with E-state index in [1.165, 1.54) is 9.58 Å². The van der Waals surface area contributed by atoms with Crippen LogP contribution in [0.5, 0.6) is 0 Å². The van der Waals surface area contributed by atoms with E-state index in [9.17, 15) is 14.4 Å². The van der Waals surface area contributed by atoms with Crippen LogP contribution < -0.4 is 16.3 Å². The maximum Gasteiger partial charge on any atom is 0.345 e. The smallest absolute Gasteiger partial charge is 0.345 e. The van der Waals surface area contributed by atoms with Crippen molar-refractivity contribution in [2.24, 2.45) is 0 Å². The van der Waals surface area contributed by atoms with Gasteiger partial charge in [-0.2, -0.15) is 5.10 Å². The predicted octanol–water partition coefficient (Wildman–Crippen LogP) is -0.699. The highest BCUT2D eigenvalue weighted by Crippen LogP contribution is 2.09. The minimum absolute atomic E-state index is 0.0580. The largest absolute Gasteiger partial charge is 0.353 e. The molecule has 1 fully saturated rings. The Morgan fingerprint density at radius 3 is 2.96 bits per heavy atom. The van der Waals surface area contributed by atoms with Crippen molar-refractivity contribution in [2.45, 2.75) is 51.7 Å². The molecule has 0 aromatic carbocycles. The molecule has 3 amide bonds. The summed E-state index contributed by atoms with van der Waals surface area (Å²) in [5, 5.41) is 9.91. The summed E-state index contributed by atoms with van der Waals surface area (Å²) in [4.78, 5) is 37.4. The molecule has 132 valence electrons. The quantitative estimate of drug-likeness (QED) is 0.710. The van der Waals surface area contributed by atoms with Crippen LogP contribution in [-0.2, 0) is 24.3 Å². The number of hydrogen-bond donors (Lipinski definition) is 2. The molecule has 2 N–H and O–H groups in total. The molecule has 9 nitrogen and oxygen atoms in total. The number of hydrogen-bond acceptors (Lipinski definition) is 4. The van der Waals surface area contributed by atoms with E-state index >= 15 is 0 Å². The summed E-state index contributed by atoms with van der Waals surface area (Å²) in [6.45, 7) is 4.37. The number of nitrogens with one attached hydrogen (secondary N) is 2. The van der Waals surface area contributed by atoms with Gasteiger partial charge in [-0.25, -0.2) is 14.3 Å². The maximum atomic E-state index is 12.2. The normalized spacial score (nSPS) is 20.5. The highest BCUT2D eigenvalue weighted by atomic mass is 16.2. The van der Waals surface area contributed by atoms with Crippen LogP contribution in [-0.4, -0.2) is 56.9 Å². The van der Waals surface area contributed by atoms with E-state index in [1.54, 1.807) is 11.5 Å². The van der Waals surface area contributed by atoms with E-state index in [2.05, 4.69) is 15.7 Å². The summed E-state index contributed by atoms with van der Waals surface area (Å²) in [6.07, 6.45) is 3.58. The number of rotatable bonds is 4. The van der Waals surface area contributed by atoms with Crippen molar-refractivity contribution in [1.82, 2.24) is 29.9 Å². The highest BCUT2D eigenvalue weighted by Gasteiger charge is 2.28. The molecule has 24 heavy (non-hydrogen) atoms. The van der Waals surface area contributed by atoms with Crippen LogP contribution in [0.25, 0.3) is 0 Å². The van der Waals surface area contributed by atoms with Gasteiger partial charge in [0.25, 0.3) is 0 Å². The Hall–Kier alpha value is -2.32. The lowest BCUT2D eigenvalue weighted by molar-refractivity contribution is -0.126. The zero-order valence-corrected chi connectivity index (χ0v) is 14.0. The topological polar surface area (TPSA) is 101 Å². The van der Waals surface area contributed by atoms with Gasteiger partial charge in [0.15, 0.2) is 0 Å². The molecule has 0 aliphatic carbocycles. The van der Waals surface area contributed by atoms with Gasteiger partial charge in [0.2, 0.25) is 5.91 Å². The second kappa shape index (κ2) is 7.06. The molecule has 3 heterocycles. The first-order chi connectivity index (χ1) is 11.6. The number of aromatic nitrogens is 3. The number of carbonyl (C=O) groups is 2.